The van der Waals surface area contributed by atoms with Gasteiger partial charge in [-0.3, -0.25) is 4.55 Å². The van der Waals surface area contributed by atoms with Gasteiger partial charge in [0, 0.05) is 0 Å². The Bertz CT molecular complexity index is 463. The third-order valence-corrected chi connectivity index (χ3v) is 2.46. The van der Waals surface area contributed by atoms with Gasteiger partial charge in [0.2, 0.25) is 0 Å². The Balaban J connectivity index is 4.98. The molecule has 0 unspecified atom stereocenters. The van der Waals surface area contributed by atoms with E-state index in [0.717, 1.165) is 0 Å². The van der Waals surface area contributed by atoms with E-state index in [2.05, 4.69) is 9.47 Å². The van der Waals surface area contributed by atoms with Gasteiger partial charge in [0.25, 0.3) is 15.4 Å². The highest BCUT2D eigenvalue weighted by Crippen LogP contribution is 2.18. The Morgan fingerprint density at radius 1 is 0.905 bits per heavy atom. The fourth-order valence-electron chi connectivity index (χ4n) is 0.797. The fraction of sp³-hybridized carbons (Fsp3) is 0.714. The van der Waals surface area contributed by atoms with Gasteiger partial charge in [-0.15, -0.1) is 0 Å². The normalized spacial score (nSPS) is 13.1. The van der Waals surface area contributed by atoms with Crippen LogP contribution in [0.25, 0.3) is 0 Å². The first-order chi connectivity index (χ1) is 9.13. The highest BCUT2D eigenvalue weighted by Gasteiger charge is 2.44. The van der Waals surface area contributed by atoms with Crippen LogP contribution in [0.2, 0.25) is 0 Å². The number of esters is 2. The molecule has 0 aromatic rings. The molecule has 0 aliphatic carbocycles. The molecular formula is C7H6F6O7S. The number of carbonyl (C=O) groups excluding carboxylic acids is 2. The summed E-state index contributed by atoms with van der Waals surface area (Å²) in [6.45, 7) is -4.63. The second-order valence-electron chi connectivity index (χ2n) is 3.34. The second kappa shape index (κ2) is 6.46. The molecule has 0 amide bonds. The first-order valence-electron chi connectivity index (χ1n) is 4.56. The van der Waals surface area contributed by atoms with E-state index in [4.69, 9.17) is 4.55 Å². The molecule has 0 spiro atoms. The number of hydrogen-bond acceptors (Lipinski definition) is 6. The topological polar surface area (TPSA) is 107 Å². The van der Waals surface area contributed by atoms with Gasteiger partial charge in [-0.05, 0) is 0 Å². The summed E-state index contributed by atoms with van der Waals surface area (Å²) in [6, 6.07) is 0. The molecule has 0 rings (SSSR count). The minimum absolute atomic E-state index is 2.32. The first kappa shape index (κ1) is 19.4. The number of halogens is 6. The van der Waals surface area contributed by atoms with Gasteiger partial charge in [-0.1, -0.05) is 0 Å². The van der Waals surface area contributed by atoms with Gasteiger partial charge >= 0.3 is 24.3 Å². The van der Waals surface area contributed by atoms with E-state index in [0.29, 0.717) is 0 Å². The number of ether oxygens (including phenoxy) is 2. The number of alkyl halides is 6. The van der Waals surface area contributed by atoms with E-state index in [1.807, 2.05) is 0 Å². The molecule has 0 heterocycles. The van der Waals surface area contributed by atoms with Gasteiger partial charge in [0.05, 0.1) is 0 Å². The Kier molecular flexibility index (Phi) is 5.98. The summed E-state index contributed by atoms with van der Waals surface area (Å²) in [5.41, 5.74) is 0. The van der Waals surface area contributed by atoms with Crippen molar-refractivity contribution in [1.82, 2.24) is 0 Å². The minimum atomic E-state index is -5.68. The molecule has 0 saturated heterocycles. The Morgan fingerprint density at radius 2 is 1.19 bits per heavy atom. The molecule has 124 valence electrons. The zero-order valence-electron chi connectivity index (χ0n) is 9.56. The van der Waals surface area contributed by atoms with E-state index in [1.54, 1.807) is 0 Å². The van der Waals surface area contributed by atoms with Gasteiger partial charge in [-0.25, -0.2) is 9.59 Å². The summed E-state index contributed by atoms with van der Waals surface area (Å²) < 4.78 is 107. The Morgan fingerprint density at radius 3 is 1.38 bits per heavy atom. The minimum Gasteiger partial charge on any atom is -0.455 e. The van der Waals surface area contributed by atoms with Crippen molar-refractivity contribution < 1.29 is 58.4 Å². The van der Waals surface area contributed by atoms with Crippen molar-refractivity contribution in [2.24, 2.45) is 0 Å². The monoisotopic (exact) mass is 348 g/mol. The fourth-order valence-corrected chi connectivity index (χ4v) is 1.42. The molecule has 0 aromatic carbocycles. The predicted molar refractivity (Wildman–Crippen MR) is 49.4 cm³/mol. The lowest BCUT2D eigenvalue weighted by Gasteiger charge is -2.14. The lowest BCUT2D eigenvalue weighted by Crippen LogP contribution is -2.42. The zero-order chi connectivity index (χ0) is 17.1. The van der Waals surface area contributed by atoms with Crippen LogP contribution in [0.5, 0.6) is 0 Å². The van der Waals surface area contributed by atoms with Gasteiger partial charge in [-0.2, -0.15) is 34.8 Å². The summed E-state index contributed by atoms with van der Waals surface area (Å²) in [7, 11) is -5.68. The maximum atomic E-state index is 11.7. The van der Waals surface area contributed by atoms with Crippen LogP contribution in [0, 0.1) is 0 Å². The van der Waals surface area contributed by atoms with Crippen molar-refractivity contribution in [3.8, 4) is 0 Å². The van der Waals surface area contributed by atoms with E-state index >= 15 is 0 Å². The lowest BCUT2D eigenvalue weighted by atomic mass is 10.4. The number of hydrogen-bond donors (Lipinski definition) is 1. The number of rotatable bonds is 5. The Labute approximate surface area is 112 Å². The molecule has 0 aliphatic rings. The molecule has 0 atom stereocenters. The zero-order valence-corrected chi connectivity index (χ0v) is 10.4. The summed E-state index contributed by atoms with van der Waals surface area (Å²) >= 11 is 0. The molecule has 0 fully saturated rings. The van der Waals surface area contributed by atoms with Gasteiger partial charge < -0.3 is 9.47 Å². The van der Waals surface area contributed by atoms with Crippen molar-refractivity contribution in [1.29, 1.82) is 0 Å². The van der Waals surface area contributed by atoms with Crippen LogP contribution < -0.4 is 0 Å². The van der Waals surface area contributed by atoms with E-state index in [9.17, 15) is 44.3 Å². The predicted octanol–water partition coefficient (Wildman–Crippen LogP) is 0.454. The van der Waals surface area contributed by atoms with Gasteiger partial charge in [0.1, 0.15) is 0 Å². The molecule has 14 heteroatoms. The summed E-state index contributed by atoms with van der Waals surface area (Å²) in [5.74, 6) is -4.86. The van der Waals surface area contributed by atoms with Crippen LogP contribution in [-0.2, 0) is 29.2 Å². The molecule has 0 aromatic heterocycles. The number of carbonyl (C=O) groups is 2. The van der Waals surface area contributed by atoms with Crippen LogP contribution in [0.1, 0.15) is 0 Å². The van der Waals surface area contributed by atoms with Crippen molar-refractivity contribution in [3.63, 3.8) is 0 Å². The van der Waals surface area contributed by atoms with Crippen LogP contribution in [0.3, 0.4) is 0 Å². The molecule has 0 aliphatic heterocycles. The van der Waals surface area contributed by atoms with Crippen molar-refractivity contribution >= 4 is 22.1 Å². The van der Waals surface area contributed by atoms with Gasteiger partial charge in [0.15, 0.2) is 13.2 Å². The summed E-state index contributed by atoms with van der Waals surface area (Å²) in [6.07, 6.45) is -10.2. The standard InChI is InChI=1S/C7H6F6O7S/c8-6(9,10)1-19-4(14)3(21(16,17)18)5(15)20-2-7(11,12)13/h3H,1-2H2,(H,16,17,18). The molecular weight excluding hydrogens is 342 g/mol. The highest BCUT2D eigenvalue weighted by molar-refractivity contribution is 7.88. The Hall–Kier alpha value is -1.57. The van der Waals surface area contributed by atoms with E-state index in [-0.39, 0.29) is 0 Å². The maximum absolute atomic E-state index is 11.7. The molecule has 0 bridgehead atoms. The van der Waals surface area contributed by atoms with E-state index in [1.165, 1.54) is 0 Å². The average molecular weight is 348 g/mol. The third-order valence-electron chi connectivity index (χ3n) is 1.48. The molecule has 1 N–H and O–H groups in total. The largest absolute Gasteiger partial charge is 0.455 e. The van der Waals surface area contributed by atoms with Crippen LogP contribution in [0.4, 0.5) is 26.3 Å². The maximum Gasteiger partial charge on any atom is 0.422 e. The molecule has 0 radical (unpaired) electrons. The van der Waals surface area contributed by atoms with Crippen molar-refractivity contribution in [2.75, 3.05) is 13.2 Å². The first-order valence-corrected chi connectivity index (χ1v) is 6.07. The quantitative estimate of drug-likeness (QED) is 0.333. The van der Waals surface area contributed by atoms with Crippen molar-refractivity contribution in [2.45, 2.75) is 17.6 Å². The highest BCUT2D eigenvalue weighted by atomic mass is 32.2. The molecule has 7 nitrogen and oxygen atoms in total. The summed E-state index contributed by atoms with van der Waals surface area (Å²) in [5, 5.41) is -3.37. The third kappa shape index (κ3) is 8.34. The lowest BCUT2D eigenvalue weighted by molar-refractivity contribution is -0.193. The second-order valence-corrected chi connectivity index (χ2v) is 4.84. The van der Waals surface area contributed by atoms with Crippen LogP contribution in [0.15, 0.2) is 0 Å². The SMILES string of the molecule is O=C(OCC(F)(F)F)C(C(=O)OCC(F)(F)F)S(=O)(=O)O. The van der Waals surface area contributed by atoms with Crippen LogP contribution >= 0.6 is 0 Å². The van der Waals surface area contributed by atoms with Crippen molar-refractivity contribution in [3.05, 3.63) is 0 Å². The molecule has 21 heavy (non-hydrogen) atoms. The van der Waals surface area contributed by atoms with Crippen LogP contribution in [-0.4, -0.2) is 55.7 Å². The van der Waals surface area contributed by atoms with E-state index < -0.39 is 52.9 Å². The molecule has 0 saturated carbocycles. The smallest absolute Gasteiger partial charge is 0.422 e. The summed E-state index contributed by atoms with van der Waals surface area (Å²) in [4.78, 5) is 21.9. The average Bonchev–Trinajstić information content (AvgIpc) is 2.20.